The zero-order chi connectivity index (χ0) is 22.1. The van der Waals surface area contributed by atoms with Gasteiger partial charge in [0.05, 0.1) is 20.9 Å². The normalized spacial score (nSPS) is 18.0. The van der Waals surface area contributed by atoms with Gasteiger partial charge in [0.25, 0.3) is 0 Å². The number of halogens is 1. The zero-order valence-electron chi connectivity index (χ0n) is 18.4. The molecule has 8 heteroatoms. The first kappa shape index (κ1) is 22.9. The van der Waals surface area contributed by atoms with Gasteiger partial charge in [-0.3, -0.25) is 0 Å². The fourth-order valence-corrected chi connectivity index (χ4v) is 5.61. The highest BCUT2D eigenvalue weighted by Crippen LogP contribution is 2.35. The van der Waals surface area contributed by atoms with Crippen molar-refractivity contribution in [2.45, 2.75) is 57.7 Å². The number of anilines is 1. The summed E-state index contributed by atoms with van der Waals surface area (Å²) in [6, 6.07) is 8.38. The fourth-order valence-electron chi connectivity index (χ4n) is 4.51. The Morgan fingerprint density at radius 1 is 1.07 bits per heavy atom. The third kappa shape index (κ3) is 4.75. The van der Waals surface area contributed by atoms with Gasteiger partial charge < -0.3 is 15.3 Å². The molecule has 6 nitrogen and oxygen atoms in total. The molecule has 1 aliphatic rings. The predicted molar refractivity (Wildman–Crippen MR) is 127 cm³/mol. The molecule has 0 spiro atoms. The van der Waals surface area contributed by atoms with E-state index in [-0.39, 0.29) is 11.1 Å². The summed E-state index contributed by atoms with van der Waals surface area (Å²) in [5.41, 5.74) is 4.69. The molecule has 2 N–H and O–H groups in total. The Balaban J connectivity index is 0.00000124. The molecule has 1 aromatic carbocycles. The lowest BCUT2D eigenvalue weighted by molar-refractivity contribution is 0.160. The van der Waals surface area contributed by atoms with Crippen molar-refractivity contribution in [2.24, 2.45) is 0 Å². The molecule has 0 saturated carbocycles. The highest BCUT2D eigenvalue weighted by molar-refractivity contribution is 7.17. The average Bonchev–Trinajstić information content (AvgIpc) is 3.18. The van der Waals surface area contributed by atoms with Crippen LogP contribution in [0.1, 0.15) is 40.5 Å². The molecule has 4 rings (SSSR count). The van der Waals surface area contributed by atoms with Gasteiger partial charge in [0, 0.05) is 36.8 Å². The fraction of sp³-hybridized carbons (Fsp3) is 0.500. The number of hydrogen-bond acceptors (Lipinski definition) is 7. The Morgan fingerprint density at radius 3 is 2.33 bits per heavy atom. The van der Waals surface area contributed by atoms with Crippen molar-refractivity contribution in [3.63, 3.8) is 0 Å². The highest BCUT2D eigenvalue weighted by Gasteiger charge is 2.39. The summed E-state index contributed by atoms with van der Waals surface area (Å²) >= 11 is 7.83. The van der Waals surface area contributed by atoms with Gasteiger partial charge in [-0.15, -0.1) is 21.5 Å². The quantitative estimate of drug-likeness (QED) is 0.602. The van der Waals surface area contributed by atoms with Gasteiger partial charge in [-0.1, -0.05) is 11.6 Å². The molecule has 3 aromatic rings. The number of fused-ring (bicyclic) bond motifs is 1. The van der Waals surface area contributed by atoms with Crippen LogP contribution in [0.15, 0.2) is 29.8 Å². The first-order chi connectivity index (χ1) is 14.2. The van der Waals surface area contributed by atoms with Crippen LogP contribution in [0.5, 0.6) is 0 Å². The van der Waals surface area contributed by atoms with Crippen molar-refractivity contribution in [3.05, 3.63) is 34.8 Å². The summed E-state index contributed by atoms with van der Waals surface area (Å²) in [4.78, 5) is 6.63. The third-order valence-electron chi connectivity index (χ3n) is 5.44. The van der Waals surface area contributed by atoms with E-state index in [1.807, 2.05) is 23.7 Å². The highest BCUT2D eigenvalue weighted by atomic mass is 35.5. The molecule has 2 aromatic heterocycles. The Morgan fingerprint density at radius 2 is 1.73 bits per heavy atom. The summed E-state index contributed by atoms with van der Waals surface area (Å²) in [7, 11) is 3.12. The lowest BCUT2D eigenvalue weighted by Gasteiger charge is -2.49. The molecule has 1 fully saturated rings. The van der Waals surface area contributed by atoms with Crippen molar-refractivity contribution in [2.75, 3.05) is 19.1 Å². The number of aliphatic hydroxyl groups excluding tert-OH is 1. The summed E-state index contributed by atoms with van der Waals surface area (Å²) < 4.78 is 1.05. The van der Waals surface area contributed by atoms with Crippen LogP contribution in [0, 0.1) is 0 Å². The van der Waals surface area contributed by atoms with Crippen LogP contribution in [-0.4, -0.2) is 51.6 Å². The van der Waals surface area contributed by atoms with Crippen LogP contribution in [0.25, 0.3) is 21.5 Å². The lowest BCUT2D eigenvalue weighted by Crippen LogP contribution is -2.62. The molecular weight excluding hydrogens is 418 g/mol. The minimum atomic E-state index is 0.0924. The van der Waals surface area contributed by atoms with Crippen molar-refractivity contribution >= 4 is 39.0 Å². The number of nitrogens with one attached hydrogen (secondary N) is 1. The van der Waals surface area contributed by atoms with Crippen LogP contribution < -0.4 is 10.2 Å². The van der Waals surface area contributed by atoms with E-state index in [1.54, 1.807) is 11.3 Å². The number of benzene rings is 1. The number of rotatable bonds is 3. The summed E-state index contributed by atoms with van der Waals surface area (Å²) in [6.07, 6.45) is 2.13. The monoisotopic (exact) mass is 447 g/mol. The molecule has 0 atom stereocenters. The second kappa shape index (κ2) is 8.75. The number of hydrogen-bond donors (Lipinski definition) is 2. The van der Waals surface area contributed by atoms with E-state index in [0.29, 0.717) is 11.1 Å². The van der Waals surface area contributed by atoms with Gasteiger partial charge in [-0.2, -0.15) is 0 Å². The van der Waals surface area contributed by atoms with E-state index in [0.717, 1.165) is 47.2 Å². The third-order valence-corrected chi connectivity index (χ3v) is 6.60. The SMILES string of the molecule is CN(c1ccc(-c2ccc(Cl)c3ncsc23)nn1)C1CC(C)(C)NC(C)(C)C1.CO. The number of aliphatic hydroxyl groups is 1. The Hall–Kier alpha value is -1.80. The van der Waals surface area contributed by atoms with Crippen molar-refractivity contribution < 1.29 is 5.11 Å². The second-order valence-electron chi connectivity index (χ2n) is 8.97. The van der Waals surface area contributed by atoms with E-state index in [4.69, 9.17) is 16.7 Å². The van der Waals surface area contributed by atoms with E-state index in [2.05, 4.69) is 66.2 Å². The molecule has 162 valence electrons. The molecule has 0 aliphatic carbocycles. The van der Waals surface area contributed by atoms with Gasteiger partial charge in [0.1, 0.15) is 5.52 Å². The average molecular weight is 448 g/mol. The van der Waals surface area contributed by atoms with Gasteiger partial charge >= 0.3 is 0 Å². The van der Waals surface area contributed by atoms with Crippen LogP contribution in [0.2, 0.25) is 5.02 Å². The lowest BCUT2D eigenvalue weighted by atomic mass is 9.79. The van der Waals surface area contributed by atoms with Crippen molar-refractivity contribution in [3.8, 4) is 11.3 Å². The van der Waals surface area contributed by atoms with Gasteiger partial charge in [0.15, 0.2) is 5.82 Å². The molecule has 0 radical (unpaired) electrons. The van der Waals surface area contributed by atoms with E-state index in [1.165, 1.54) is 0 Å². The molecule has 0 bridgehead atoms. The molecule has 1 saturated heterocycles. The number of piperidine rings is 1. The van der Waals surface area contributed by atoms with E-state index in [9.17, 15) is 0 Å². The molecule has 3 heterocycles. The molecular formula is C22H30ClN5OS. The smallest absolute Gasteiger partial charge is 0.151 e. The standard InChI is InChI=1S/C21H26ClN5S.CH4O/c1-20(2)10-13(11-21(3,4)26-20)27(5)17-9-8-16(24-25-17)14-6-7-15(22)18-19(14)28-12-23-18;1-2/h6-9,12-13,26H,10-11H2,1-5H3;2H,1H3. The Labute approximate surface area is 187 Å². The summed E-state index contributed by atoms with van der Waals surface area (Å²) in [6.45, 7) is 9.07. The van der Waals surface area contributed by atoms with Gasteiger partial charge in [0.2, 0.25) is 0 Å². The zero-order valence-corrected chi connectivity index (χ0v) is 20.0. The number of nitrogens with zero attached hydrogens (tertiary/aromatic N) is 4. The predicted octanol–water partition coefficient (Wildman–Crippen LogP) is 4.76. The topological polar surface area (TPSA) is 74.2 Å². The molecule has 0 unspecified atom stereocenters. The largest absolute Gasteiger partial charge is 0.400 e. The first-order valence-electron chi connectivity index (χ1n) is 9.98. The maximum absolute atomic E-state index is 7.00. The second-order valence-corrected chi connectivity index (χ2v) is 10.2. The van der Waals surface area contributed by atoms with Gasteiger partial charge in [-0.05, 0) is 64.8 Å². The van der Waals surface area contributed by atoms with Crippen LogP contribution >= 0.6 is 22.9 Å². The van der Waals surface area contributed by atoms with E-state index >= 15 is 0 Å². The summed E-state index contributed by atoms with van der Waals surface area (Å²) in [5, 5.41) is 20.5. The van der Waals surface area contributed by atoms with Crippen LogP contribution in [-0.2, 0) is 0 Å². The molecule has 30 heavy (non-hydrogen) atoms. The minimum Gasteiger partial charge on any atom is -0.400 e. The Bertz CT molecular complexity index is 986. The molecule has 0 amide bonds. The maximum atomic E-state index is 7.00. The summed E-state index contributed by atoms with van der Waals surface area (Å²) in [5.74, 6) is 0.900. The van der Waals surface area contributed by atoms with Crippen molar-refractivity contribution in [1.29, 1.82) is 0 Å². The van der Waals surface area contributed by atoms with Crippen LogP contribution in [0.4, 0.5) is 5.82 Å². The van der Waals surface area contributed by atoms with Crippen LogP contribution in [0.3, 0.4) is 0 Å². The van der Waals surface area contributed by atoms with Gasteiger partial charge in [-0.25, -0.2) is 4.98 Å². The molecule has 1 aliphatic heterocycles. The maximum Gasteiger partial charge on any atom is 0.151 e. The number of aromatic nitrogens is 3. The first-order valence-corrected chi connectivity index (χ1v) is 11.2. The minimum absolute atomic E-state index is 0.0924. The van der Waals surface area contributed by atoms with E-state index < -0.39 is 0 Å². The number of thiazole rings is 1. The van der Waals surface area contributed by atoms with Crippen molar-refractivity contribution in [1.82, 2.24) is 20.5 Å². The Kier molecular flexibility index (Phi) is 6.67.